The van der Waals surface area contributed by atoms with Gasteiger partial charge >= 0.3 is 0 Å². The van der Waals surface area contributed by atoms with Crippen LogP contribution in [0.15, 0.2) is 36.7 Å². The number of halogens is 1. The van der Waals surface area contributed by atoms with Gasteiger partial charge in [0, 0.05) is 49.6 Å². The molecule has 0 radical (unpaired) electrons. The zero-order chi connectivity index (χ0) is 19.1. The van der Waals surface area contributed by atoms with E-state index in [1.54, 1.807) is 0 Å². The Balaban J connectivity index is 0.00000225. The molecule has 0 spiro atoms. The molecule has 2 fully saturated rings. The van der Waals surface area contributed by atoms with Crippen molar-refractivity contribution in [3.63, 3.8) is 0 Å². The summed E-state index contributed by atoms with van der Waals surface area (Å²) in [7, 11) is 0. The van der Waals surface area contributed by atoms with E-state index < -0.39 is 5.60 Å². The van der Waals surface area contributed by atoms with E-state index in [2.05, 4.69) is 65.2 Å². The fraction of sp³-hybridized carbons (Fsp3) is 0.545. The Labute approximate surface area is 174 Å². The summed E-state index contributed by atoms with van der Waals surface area (Å²) in [5.74, 6) is 1.24. The smallest absolute Gasteiger partial charge is 0.225 e. The van der Waals surface area contributed by atoms with Crippen molar-refractivity contribution < 1.29 is 5.11 Å². The van der Waals surface area contributed by atoms with Crippen molar-refractivity contribution >= 4 is 18.4 Å². The molecule has 0 saturated carbocycles. The molecule has 2 aliphatic rings. The number of hydrogen-bond acceptors (Lipinski definition) is 5. The van der Waals surface area contributed by atoms with Gasteiger partial charge in [0.1, 0.15) is 5.60 Å². The van der Waals surface area contributed by atoms with Crippen molar-refractivity contribution in [2.45, 2.75) is 45.1 Å². The van der Waals surface area contributed by atoms with Crippen LogP contribution in [0.25, 0.3) is 0 Å². The number of nitrogens with one attached hydrogen (secondary N) is 1. The van der Waals surface area contributed by atoms with Crippen LogP contribution in [0.4, 0.5) is 5.95 Å². The molecular weight excluding hydrogens is 372 g/mol. The molecule has 5 nitrogen and oxygen atoms in total. The Morgan fingerprint density at radius 3 is 2.07 bits per heavy atom. The number of aromatic nitrogens is 2. The molecule has 0 amide bonds. The lowest BCUT2D eigenvalue weighted by molar-refractivity contribution is -0.0771. The largest absolute Gasteiger partial charge is 0.380 e. The van der Waals surface area contributed by atoms with Crippen LogP contribution in [0.2, 0.25) is 0 Å². The lowest BCUT2D eigenvalue weighted by Gasteiger charge is -2.51. The maximum Gasteiger partial charge on any atom is 0.225 e. The molecule has 0 aliphatic carbocycles. The van der Waals surface area contributed by atoms with Crippen LogP contribution in [0, 0.1) is 5.41 Å². The highest BCUT2D eigenvalue weighted by Gasteiger charge is 2.53. The number of hydrogen-bond donors (Lipinski definition) is 2. The fourth-order valence-corrected chi connectivity index (χ4v) is 4.32. The van der Waals surface area contributed by atoms with Gasteiger partial charge in [-0.25, -0.2) is 9.97 Å². The van der Waals surface area contributed by atoms with E-state index in [1.807, 2.05) is 12.4 Å². The monoisotopic (exact) mass is 402 g/mol. The van der Waals surface area contributed by atoms with E-state index in [1.165, 1.54) is 18.4 Å². The highest BCUT2D eigenvalue weighted by atomic mass is 35.5. The quantitative estimate of drug-likeness (QED) is 0.801. The first kappa shape index (κ1) is 21.0. The van der Waals surface area contributed by atoms with E-state index in [9.17, 15) is 5.11 Å². The minimum Gasteiger partial charge on any atom is -0.380 e. The standard InChI is InChI=1S/C22H30N4O.ClH/c1-16(2)17-6-8-18(9-7-17)22(27,21(3)14-23-15-21)19-12-24-20(25-13-19)26-10-4-5-11-26;/h6-9,12-13,16,23,27H,4-5,10-11,14-15H2,1-3H3;1H. The molecule has 0 bridgehead atoms. The third kappa shape index (κ3) is 3.40. The van der Waals surface area contributed by atoms with Gasteiger partial charge in [-0.15, -0.1) is 12.4 Å². The summed E-state index contributed by atoms with van der Waals surface area (Å²) in [6.45, 7) is 10.1. The van der Waals surface area contributed by atoms with Gasteiger partial charge in [0.15, 0.2) is 0 Å². The SMILES string of the molecule is CC(C)c1ccc(C(O)(c2cnc(N3CCCC3)nc2)C2(C)CNC2)cc1.Cl. The van der Waals surface area contributed by atoms with Crippen LogP contribution in [-0.2, 0) is 5.60 Å². The predicted octanol–water partition coefficient (Wildman–Crippen LogP) is 3.47. The molecule has 1 aromatic carbocycles. The Bertz CT molecular complexity index is 783. The maximum atomic E-state index is 12.0. The van der Waals surface area contributed by atoms with Gasteiger partial charge in [0.25, 0.3) is 0 Å². The van der Waals surface area contributed by atoms with Crippen molar-refractivity contribution in [1.29, 1.82) is 0 Å². The predicted molar refractivity (Wildman–Crippen MR) is 115 cm³/mol. The van der Waals surface area contributed by atoms with Crippen LogP contribution in [0.3, 0.4) is 0 Å². The van der Waals surface area contributed by atoms with Gasteiger partial charge in [-0.2, -0.15) is 0 Å². The van der Waals surface area contributed by atoms with Gasteiger partial charge in [-0.1, -0.05) is 45.0 Å². The number of nitrogens with zero attached hydrogens (tertiary/aromatic N) is 3. The van der Waals surface area contributed by atoms with E-state index >= 15 is 0 Å². The molecule has 3 heterocycles. The lowest BCUT2D eigenvalue weighted by atomic mass is 9.63. The Morgan fingerprint density at radius 2 is 1.61 bits per heavy atom. The van der Waals surface area contributed by atoms with Crippen molar-refractivity contribution in [2.24, 2.45) is 5.41 Å². The summed E-state index contributed by atoms with van der Waals surface area (Å²) in [6, 6.07) is 8.38. The van der Waals surface area contributed by atoms with Crippen molar-refractivity contribution in [2.75, 3.05) is 31.1 Å². The summed E-state index contributed by atoms with van der Waals surface area (Å²) in [4.78, 5) is 11.4. The summed E-state index contributed by atoms with van der Waals surface area (Å²) < 4.78 is 0. The maximum absolute atomic E-state index is 12.0. The topological polar surface area (TPSA) is 61.3 Å². The van der Waals surface area contributed by atoms with E-state index in [-0.39, 0.29) is 17.8 Å². The molecule has 2 aromatic rings. The lowest BCUT2D eigenvalue weighted by Crippen LogP contribution is -2.63. The van der Waals surface area contributed by atoms with Crippen LogP contribution >= 0.6 is 12.4 Å². The van der Waals surface area contributed by atoms with Gasteiger partial charge in [0.05, 0.1) is 0 Å². The third-order valence-electron chi connectivity index (χ3n) is 6.34. The normalized spacial score (nSPS) is 20.4. The van der Waals surface area contributed by atoms with Crippen LogP contribution in [0.1, 0.15) is 56.2 Å². The van der Waals surface area contributed by atoms with Gasteiger partial charge in [-0.05, 0) is 29.9 Å². The van der Waals surface area contributed by atoms with Crippen molar-refractivity contribution in [3.05, 3.63) is 53.3 Å². The van der Waals surface area contributed by atoms with E-state index in [0.29, 0.717) is 5.92 Å². The van der Waals surface area contributed by atoms with Crippen molar-refractivity contribution in [1.82, 2.24) is 15.3 Å². The summed E-state index contributed by atoms with van der Waals surface area (Å²) >= 11 is 0. The molecule has 4 rings (SSSR count). The minimum atomic E-state index is -1.11. The number of aliphatic hydroxyl groups is 1. The first-order valence-electron chi connectivity index (χ1n) is 10.0. The average Bonchev–Trinajstić information content (AvgIpc) is 3.20. The summed E-state index contributed by atoms with van der Waals surface area (Å²) in [5, 5.41) is 15.3. The summed E-state index contributed by atoms with van der Waals surface area (Å²) in [6.07, 6.45) is 6.03. The number of rotatable bonds is 5. The Morgan fingerprint density at radius 1 is 1.04 bits per heavy atom. The zero-order valence-electron chi connectivity index (χ0n) is 17.0. The first-order valence-corrected chi connectivity index (χ1v) is 10.0. The molecule has 6 heteroatoms. The molecule has 2 N–H and O–H groups in total. The second kappa shape index (κ2) is 7.97. The molecule has 152 valence electrons. The van der Waals surface area contributed by atoms with Crippen LogP contribution in [-0.4, -0.2) is 41.3 Å². The average molecular weight is 403 g/mol. The molecule has 2 aliphatic heterocycles. The van der Waals surface area contributed by atoms with Crippen LogP contribution < -0.4 is 10.2 Å². The molecule has 1 unspecified atom stereocenters. The minimum absolute atomic E-state index is 0. The van der Waals surface area contributed by atoms with Gasteiger partial charge in [0.2, 0.25) is 5.95 Å². The third-order valence-corrected chi connectivity index (χ3v) is 6.34. The second-order valence-corrected chi connectivity index (χ2v) is 8.62. The molecule has 28 heavy (non-hydrogen) atoms. The Hall–Kier alpha value is -1.69. The second-order valence-electron chi connectivity index (χ2n) is 8.62. The molecule has 1 aromatic heterocycles. The van der Waals surface area contributed by atoms with E-state index in [4.69, 9.17) is 0 Å². The highest BCUT2D eigenvalue weighted by Crippen LogP contribution is 2.47. The van der Waals surface area contributed by atoms with Crippen LogP contribution in [0.5, 0.6) is 0 Å². The van der Waals surface area contributed by atoms with Crippen molar-refractivity contribution in [3.8, 4) is 0 Å². The molecule has 2 saturated heterocycles. The molecule has 1 atom stereocenters. The van der Waals surface area contributed by atoms with Gasteiger partial charge < -0.3 is 15.3 Å². The fourth-order valence-electron chi connectivity index (χ4n) is 4.32. The highest BCUT2D eigenvalue weighted by molar-refractivity contribution is 5.85. The van der Waals surface area contributed by atoms with E-state index in [0.717, 1.165) is 43.3 Å². The first-order chi connectivity index (χ1) is 12.9. The number of benzene rings is 1. The number of anilines is 1. The zero-order valence-corrected chi connectivity index (χ0v) is 17.8. The van der Waals surface area contributed by atoms with Gasteiger partial charge in [-0.3, -0.25) is 0 Å². The Kier molecular flexibility index (Phi) is 5.99. The molecular formula is C22H31ClN4O. The summed E-state index contributed by atoms with van der Waals surface area (Å²) in [5.41, 5.74) is 1.56.